The SMILES string of the molecule is CCOC(=O)N1CCN(C(=O)c2[nH]c3cc(F)ccc3c2C)CC1. The number of nitrogens with one attached hydrogen (secondary N) is 1. The highest BCUT2D eigenvalue weighted by Crippen LogP contribution is 2.24. The van der Waals surface area contributed by atoms with Crippen LogP contribution in [-0.2, 0) is 4.74 Å². The van der Waals surface area contributed by atoms with Crippen molar-refractivity contribution in [3.63, 3.8) is 0 Å². The van der Waals surface area contributed by atoms with Gasteiger partial charge in [0, 0.05) is 37.1 Å². The number of aromatic nitrogens is 1. The van der Waals surface area contributed by atoms with E-state index < -0.39 is 0 Å². The van der Waals surface area contributed by atoms with E-state index >= 15 is 0 Å². The molecule has 6 nitrogen and oxygen atoms in total. The number of rotatable bonds is 2. The molecule has 3 rings (SSSR count). The number of aryl methyl sites for hydroxylation is 1. The Balaban J connectivity index is 1.74. The fourth-order valence-electron chi connectivity index (χ4n) is 2.99. The molecule has 0 saturated carbocycles. The Morgan fingerprint density at radius 1 is 1.21 bits per heavy atom. The lowest BCUT2D eigenvalue weighted by Crippen LogP contribution is -2.50. The van der Waals surface area contributed by atoms with E-state index in [0.717, 1.165) is 10.9 Å². The standard InChI is InChI=1S/C17H20FN3O3/c1-3-24-17(23)21-8-6-20(7-9-21)16(22)15-11(2)13-5-4-12(18)10-14(13)19-15/h4-5,10,19H,3,6-9H2,1-2H3. The third-order valence-corrected chi connectivity index (χ3v) is 4.33. The van der Waals surface area contributed by atoms with E-state index in [4.69, 9.17) is 4.74 Å². The number of hydrogen-bond acceptors (Lipinski definition) is 3. The van der Waals surface area contributed by atoms with Crippen LogP contribution in [0.2, 0.25) is 0 Å². The van der Waals surface area contributed by atoms with Crippen molar-refractivity contribution in [3.05, 3.63) is 35.3 Å². The van der Waals surface area contributed by atoms with Crippen molar-refractivity contribution in [2.75, 3.05) is 32.8 Å². The Kier molecular flexibility index (Phi) is 4.42. The first-order valence-corrected chi connectivity index (χ1v) is 8.00. The van der Waals surface area contributed by atoms with E-state index in [1.165, 1.54) is 12.1 Å². The summed E-state index contributed by atoms with van der Waals surface area (Å²) >= 11 is 0. The first-order valence-electron chi connectivity index (χ1n) is 8.00. The largest absolute Gasteiger partial charge is 0.450 e. The number of ether oxygens (including phenoxy) is 1. The van der Waals surface area contributed by atoms with Crippen molar-refractivity contribution in [2.24, 2.45) is 0 Å². The molecule has 1 aromatic carbocycles. The number of aromatic amines is 1. The predicted molar refractivity (Wildman–Crippen MR) is 87.5 cm³/mol. The van der Waals surface area contributed by atoms with E-state index in [1.54, 1.807) is 22.8 Å². The number of carbonyl (C=O) groups is 2. The van der Waals surface area contributed by atoms with Gasteiger partial charge in [-0.25, -0.2) is 9.18 Å². The fraction of sp³-hybridized carbons (Fsp3) is 0.412. The summed E-state index contributed by atoms with van der Waals surface area (Å²) in [4.78, 5) is 30.8. The number of benzene rings is 1. The van der Waals surface area contributed by atoms with Crippen LogP contribution in [0.4, 0.5) is 9.18 Å². The molecule has 0 radical (unpaired) electrons. The summed E-state index contributed by atoms with van der Waals surface area (Å²) < 4.78 is 18.3. The van der Waals surface area contributed by atoms with E-state index in [9.17, 15) is 14.0 Å². The molecule has 2 amide bonds. The summed E-state index contributed by atoms with van der Waals surface area (Å²) in [5.74, 6) is -0.474. The second-order valence-electron chi connectivity index (χ2n) is 5.79. The summed E-state index contributed by atoms with van der Waals surface area (Å²) in [6.07, 6.45) is -0.345. The molecule has 0 bridgehead atoms. The van der Waals surface area contributed by atoms with Gasteiger partial charge in [0.15, 0.2) is 0 Å². The third-order valence-electron chi connectivity index (χ3n) is 4.33. The molecule has 1 aromatic heterocycles. The molecule has 1 aliphatic heterocycles. The molecule has 0 aliphatic carbocycles. The van der Waals surface area contributed by atoms with Gasteiger partial charge < -0.3 is 19.5 Å². The predicted octanol–water partition coefficient (Wildman–Crippen LogP) is 2.53. The van der Waals surface area contributed by atoms with Gasteiger partial charge in [0.1, 0.15) is 11.5 Å². The maximum absolute atomic E-state index is 13.4. The van der Waals surface area contributed by atoms with E-state index in [-0.39, 0.29) is 17.8 Å². The van der Waals surface area contributed by atoms with Gasteiger partial charge in [-0.1, -0.05) is 0 Å². The number of fused-ring (bicyclic) bond motifs is 1. The molecular formula is C17H20FN3O3. The molecule has 2 aromatic rings. The van der Waals surface area contributed by atoms with Gasteiger partial charge in [-0.2, -0.15) is 0 Å². The highest BCUT2D eigenvalue weighted by Gasteiger charge is 2.27. The topological polar surface area (TPSA) is 65.6 Å². The van der Waals surface area contributed by atoms with Crippen molar-refractivity contribution in [2.45, 2.75) is 13.8 Å². The van der Waals surface area contributed by atoms with E-state index in [0.29, 0.717) is 44.0 Å². The van der Waals surface area contributed by atoms with Crippen LogP contribution in [0.15, 0.2) is 18.2 Å². The van der Waals surface area contributed by atoms with Crippen molar-refractivity contribution >= 4 is 22.9 Å². The molecule has 1 N–H and O–H groups in total. The highest BCUT2D eigenvalue weighted by molar-refractivity contribution is 6.01. The minimum atomic E-state index is -0.345. The molecule has 1 fully saturated rings. The van der Waals surface area contributed by atoms with Crippen LogP contribution in [0.5, 0.6) is 0 Å². The van der Waals surface area contributed by atoms with Gasteiger partial charge in [-0.3, -0.25) is 4.79 Å². The average molecular weight is 333 g/mol. The van der Waals surface area contributed by atoms with Gasteiger partial charge >= 0.3 is 6.09 Å². The fourth-order valence-corrected chi connectivity index (χ4v) is 2.99. The Labute approximate surface area is 139 Å². The quantitative estimate of drug-likeness (QED) is 0.918. The zero-order valence-corrected chi connectivity index (χ0v) is 13.8. The van der Waals surface area contributed by atoms with Gasteiger partial charge in [0.05, 0.1) is 6.61 Å². The van der Waals surface area contributed by atoms with Crippen LogP contribution in [0.3, 0.4) is 0 Å². The Morgan fingerprint density at radius 2 is 1.88 bits per heavy atom. The lowest BCUT2D eigenvalue weighted by molar-refractivity contribution is 0.0566. The summed E-state index contributed by atoms with van der Waals surface area (Å²) in [6, 6.07) is 4.44. The summed E-state index contributed by atoms with van der Waals surface area (Å²) in [5.41, 5.74) is 1.89. The number of carbonyl (C=O) groups excluding carboxylic acids is 2. The number of H-pyrrole nitrogens is 1. The number of piperazine rings is 1. The van der Waals surface area contributed by atoms with Crippen molar-refractivity contribution in [1.82, 2.24) is 14.8 Å². The van der Waals surface area contributed by atoms with Crippen molar-refractivity contribution in [3.8, 4) is 0 Å². The van der Waals surface area contributed by atoms with Crippen LogP contribution in [0, 0.1) is 12.7 Å². The molecule has 0 unspecified atom stereocenters. The van der Waals surface area contributed by atoms with Gasteiger partial charge in [0.25, 0.3) is 5.91 Å². The number of hydrogen-bond donors (Lipinski definition) is 1. The Morgan fingerprint density at radius 3 is 2.54 bits per heavy atom. The zero-order valence-electron chi connectivity index (χ0n) is 13.8. The Bertz CT molecular complexity index is 779. The van der Waals surface area contributed by atoms with E-state index in [1.807, 2.05) is 6.92 Å². The van der Waals surface area contributed by atoms with Crippen LogP contribution in [-0.4, -0.2) is 59.6 Å². The first kappa shape index (κ1) is 16.3. The summed E-state index contributed by atoms with van der Waals surface area (Å²) in [6.45, 7) is 5.72. The molecule has 1 aliphatic rings. The van der Waals surface area contributed by atoms with Gasteiger partial charge in [-0.15, -0.1) is 0 Å². The summed E-state index contributed by atoms with van der Waals surface area (Å²) in [7, 11) is 0. The second kappa shape index (κ2) is 6.51. The number of amides is 2. The average Bonchev–Trinajstić information content (AvgIpc) is 2.90. The second-order valence-corrected chi connectivity index (χ2v) is 5.79. The molecule has 2 heterocycles. The summed E-state index contributed by atoms with van der Waals surface area (Å²) in [5, 5.41) is 0.838. The molecular weight excluding hydrogens is 313 g/mol. The molecule has 1 saturated heterocycles. The van der Waals surface area contributed by atoms with Crippen LogP contribution in [0.25, 0.3) is 10.9 Å². The normalized spacial score (nSPS) is 15.0. The lowest BCUT2D eigenvalue weighted by atomic mass is 10.1. The van der Waals surface area contributed by atoms with E-state index in [2.05, 4.69) is 4.98 Å². The smallest absolute Gasteiger partial charge is 0.409 e. The maximum Gasteiger partial charge on any atom is 0.409 e. The molecule has 7 heteroatoms. The van der Waals surface area contributed by atoms with Crippen LogP contribution in [0.1, 0.15) is 23.0 Å². The van der Waals surface area contributed by atoms with Gasteiger partial charge in [0.2, 0.25) is 0 Å². The highest BCUT2D eigenvalue weighted by atomic mass is 19.1. The molecule has 0 atom stereocenters. The van der Waals surface area contributed by atoms with Crippen LogP contribution >= 0.6 is 0 Å². The number of nitrogens with zero attached hydrogens (tertiary/aromatic N) is 2. The molecule has 24 heavy (non-hydrogen) atoms. The minimum Gasteiger partial charge on any atom is -0.450 e. The van der Waals surface area contributed by atoms with Gasteiger partial charge in [-0.05, 0) is 37.6 Å². The molecule has 128 valence electrons. The van der Waals surface area contributed by atoms with Crippen molar-refractivity contribution in [1.29, 1.82) is 0 Å². The lowest BCUT2D eigenvalue weighted by Gasteiger charge is -2.33. The Hall–Kier alpha value is -2.57. The number of halogens is 1. The monoisotopic (exact) mass is 333 g/mol. The third kappa shape index (κ3) is 2.93. The maximum atomic E-state index is 13.4. The zero-order chi connectivity index (χ0) is 17.3. The minimum absolute atomic E-state index is 0.132. The van der Waals surface area contributed by atoms with Crippen molar-refractivity contribution < 1.29 is 18.7 Å². The molecule has 0 spiro atoms. The van der Waals surface area contributed by atoms with Crippen LogP contribution < -0.4 is 0 Å². The first-order chi connectivity index (χ1) is 11.5.